The van der Waals surface area contributed by atoms with E-state index in [2.05, 4.69) is 21.2 Å². The van der Waals surface area contributed by atoms with Crippen molar-refractivity contribution in [3.8, 4) is 5.75 Å². The Morgan fingerprint density at radius 1 is 1.28 bits per heavy atom. The van der Waals surface area contributed by atoms with E-state index >= 15 is 0 Å². The van der Waals surface area contributed by atoms with E-state index in [0.717, 1.165) is 21.5 Å². The number of amides is 2. The van der Waals surface area contributed by atoms with Crippen LogP contribution in [0.25, 0.3) is 6.08 Å². The van der Waals surface area contributed by atoms with Crippen molar-refractivity contribution < 1.29 is 14.3 Å². The second-order valence-corrected chi connectivity index (χ2v) is 8.86. The highest BCUT2D eigenvalue weighted by Crippen LogP contribution is 2.33. The molecular weight excluding hydrogens is 472 g/mol. The van der Waals surface area contributed by atoms with Gasteiger partial charge in [-0.1, -0.05) is 52.0 Å². The minimum atomic E-state index is -0.129. The van der Waals surface area contributed by atoms with Crippen LogP contribution in [-0.4, -0.2) is 34.7 Å². The molecule has 0 aromatic heterocycles. The van der Waals surface area contributed by atoms with Gasteiger partial charge < -0.3 is 10.1 Å². The number of hydrogen-bond donors (Lipinski definition) is 1. The van der Waals surface area contributed by atoms with Crippen LogP contribution in [0.1, 0.15) is 18.4 Å². The second-order valence-electron chi connectivity index (χ2n) is 6.27. The number of rotatable bonds is 7. The molecule has 2 aromatic rings. The molecule has 2 amide bonds. The SMILES string of the molecule is COc1cccc(/C=C2/SC(=S)N(CCCC(=O)Nc3ccc(Br)cc3)C2=O)c1. The van der Waals surface area contributed by atoms with Crippen molar-refractivity contribution in [2.75, 3.05) is 19.0 Å². The van der Waals surface area contributed by atoms with Crippen LogP contribution in [0, 0.1) is 0 Å². The van der Waals surface area contributed by atoms with E-state index < -0.39 is 0 Å². The van der Waals surface area contributed by atoms with E-state index in [1.807, 2.05) is 54.6 Å². The van der Waals surface area contributed by atoms with E-state index in [0.29, 0.717) is 28.6 Å². The molecule has 1 N–H and O–H groups in total. The third kappa shape index (κ3) is 5.91. The smallest absolute Gasteiger partial charge is 0.266 e. The number of carbonyl (C=O) groups is 2. The monoisotopic (exact) mass is 490 g/mol. The highest BCUT2D eigenvalue weighted by Gasteiger charge is 2.31. The third-order valence-electron chi connectivity index (χ3n) is 4.18. The molecule has 0 saturated carbocycles. The maximum absolute atomic E-state index is 12.7. The molecule has 5 nitrogen and oxygen atoms in total. The molecule has 0 bridgehead atoms. The number of benzene rings is 2. The summed E-state index contributed by atoms with van der Waals surface area (Å²) in [4.78, 5) is 26.9. The van der Waals surface area contributed by atoms with Crippen LogP contribution >= 0.6 is 39.9 Å². The molecule has 3 rings (SSSR count). The van der Waals surface area contributed by atoms with Crippen molar-refractivity contribution in [2.24, 2.45) is 0 Å². The lowest BCUT2D eigenvalue weighted by atomic mass is 10.2. The zero-order chi connectivity index (χ0) is 20.8. The van der Waals surface area contributed by atoms with Gasteiger partial charge in [0, 0.05) is 23.1 Å². The van der Waals surface area contributed by atoms with E-state index in [-0.39, 0.29) is 11.8 Å². The van der Waals surface area contributed by atoms with Crippen LogP contribution in [0.5, 0.6) is 5.75 Å². The van der Waals surface area contributed by atoms with Gasteiger partial charge in [0.25, 0.3) is 5.91 Å². The van der Waals surface area contributed by atoms with Gasteiger partial charge in [0.15, 0.2) is 0 Å². The average molecular weight is 491 g/mol. The van der Waals surface area contributed by atoms with Gasteiger partial charge in [0.05, 0.1) is 12.0 Å². The average Bonchev–Trinajstić information content (AvgIpc) is 2.97. The molecule has 2 aromatic carbocycles. The summed E-state index contributed by atoms with van der Waals surface area (Å²) < 4.78 is 6.68. The molecule has 0 unspecified atom stereocenters. The van der Waals surface area contributed by atoms with Crippen molar-refractivity contribution in [2.45, 2.75) is 12.8 Å². The summed E-state index contributed by atoms with van der Waals surface area (Å²) in [5.41, 5.74) is 1.61. The van der Waals surface area contributed by atoms with Crippen molar-refractivity contribution in [3.05, 3.63) is 63.5 Å². The predicted octanol–water partition coefficient (Wildman–Crippen LogP) is 5.08. The zero-order valence-corrected chi connectivity index (χ0v) is 18.9. The van der Waals surface area contributed by atoms with Gasteiger partial charge >= 0.3 is 0 Å². The molecule has 0 spiro atoms. The Kier molecular flexibility index (Phi) is 7.46. The molecule has 1 heterocycles. The van der Waals surface area contributed by atoms with Gasteiger partial charge in [0.2, 0.25) is 5.91 Å². The summed E-state index contributed by atoms with van der Waals surface area (Å²) in [5, 5.41) is 2.84. The molecular formula is C21H19BrN2O3S2. The molecule has 29 heavy (non-hydrogen) atoms. The number of thioether (sulfide) groups is 1. The lowest BCUT2D eigenvalue weighted by Gasteiger charge is -2.14. The first-order valence-electron chi connectivity index (χ1n) is 8.91. The molecule has 8 heteroatoms. The van der Waals surface area contributed by atoms with Gasteiger partial charge in [-0.25, -0.2) is 0 Å². The first-order valence-corrected chi connectivity index (χ1v) is 10.9. The highest BCUT2D eigenvalue weighted by atomic mass is 79.9. The van der Waals surface area contributed by atoms with Crippen LogP contribution in [-0.2, 0) is 9.59 Å². The number of halogens is 1. The van der Waals surface area contributed by atoms with E-state index in [4.69, 9.17) is 17.0 Å². The first-order chi connectivity index (χ1) is 14.0. The maximum Gasteiger partial charge on any atom is 0.266 e. The predicted molar refractivity (Wildman–Crippen MR) is 125 cm³/mol. The largest absolute Gasteiger partial charge is 0.497 e. The fourth-order valence-corrected chi connectivity index (χ4v) is 4.30. The topological polar surface area (TPSA) is 58.6 Å². The summed E-state index contributed by atoms with van der Waals surface area (Å²) >= 11 is 9.99. The van der Waals surface area contributed by atoms with Gasteiger partial charge in [-0.05, 0) is 54.5 Å². The molecule has 150 valence electrons. The van der Waals surface area contributed by atoms with Crippen LogP contribution in [0.2, 0.25) is 0 Å². The third-order valence-corrected chi connectivity index (χ3v) is 6.09. The number of methoxy groups -OCH3 is 1. The summed E-state index contributed by atoms with van der Waals surface area (Å²) in [6.45, 7) is 0.411. The molecule has 1 aliphatic heterocycles. The molecule has 1 fully saturated rings. The van der Waals surface area contributed by atoms with Crippen LogP contribution in [0.3, 0.4) is 0 Å². The number of ether oxygens (including phenoxy) is 1. The highest BCUT2D eigenvalue weighted by molar-refractivity contribution is 9.10. The maximum atomic E-state index is 12.7. The summed E-state index contributed by atoms with van der Waals surface area (Å²) in [7, 11) is 1.60. The van der Waals surface area contributed by atoms with Gasteiger partial charge in [0.1, 0.15) is 10.1 Å². The second kappa shape index (κ2) is 10.0. The van der Waals surface area contributed by atoms with Gasteiger partial charge in [-0.3, -0.25) is 14.5 Å². The minimum Gasteiger partial charge on any atom is -0.497 e. The number of nitrogens with one attached hydrogen (secondary N) is 1. The van der Waals surface area contributed by atoms with Crippen molar-refractivity contribution in [1.82, 2.24) is 4.90 Å². The van der Waals surface area contributed by atoms with Gasteiger partial charge in [-0.2, -0.15) is 0 Å². The molecule has 0 radical (unpaired) electrons. The Labute approximate surface area is 187 Å². The van der Waals surface area contributed by atoms with Crippen molar-refractivity contribution in [3.63, 3.8) is 0 Å². The summed E-state index contributed by atoms with van der Waals surface area (Å²) in [6, 6.07) is 14.9. The number of hydrogen-bond acceptors (Lipinski definition) is 5. The van der Waals surface area contributed by atoms with Crippen LogP contribution in [0.4, 0.5) is 5.69 Å². The Morgan fingerprint density at radius 3 is 2.76 bits per heavy atom. The summed E-state index contributed by atoms with van der Waals surface area (Å²) in [5.74, 6) is 0.506. The van der Waals surface area contributed by atoms with E-state index in [9.17, 15) is 9.59 Å². The summed E-state index contributed by atoms with van der Waals surface area (Å²) in [6.07, 6.45) is 2.64. The van der Waals surface area contributed by atoms with E-state index in [1.165, 1.54) is 11.8 Å². The number of nitrogens with zero attached hydrogens (tertiary/aromatic N) is 1. The fourth-order valence-electron chi connectivity index (χ4n) is 2.73. The van der Waals surface area contributed by atoms with Crippen molar-refractivity contribution >= 4 is 67.8 Å². The standard InChI is InChI=1S/C21H19BrN2O3S2/c1-27-17-5-2-4-14(12-17)13-18-20(26)24(21(28)29-18)11-3-6-19(25)23-16-9-7-15(22)8-10-16/h2,4-5,7-10,12-13H,3,6,11H2,1H3,(H,23,25)/b18-13+. The Morgan fingerprint density at radius 2 is 2.03 bits per heavy atom. The first kappa shape index (κ1) is 21.5. The van der Waals surface area contributed by atoms with E-state index in [1.54, 1.807) is 12.0 Å². The number of thiocarbonyl (C=S) groups is 1. The minimum absolute atomic E-state index is 0.0929. The molecule has 1 aliphatic rings. The van der Waals surface area contributed by atoms with Crippen LogP contribution in [0.15, 0.2) is 57.9 Å². The fraction of sp³-hybridized carbons (Fsp3) is 0.190. The molecule has 0 aliphatic carbocycles. The molecule has 1 saturated heterocycles. The number of carbonyl (C=O) groups excluding carboxylic acids is 2. The lowest BCUT2D eigenvalue weighted by Crippen LogP contribution is -2.29. The quantitative estimate of drug-likeness (QED) is 0.433. The number of anilines is 1. The Hall–Kier alpha value is -2.16. The van der Waals surface area contributed by atoms with Gasteiger partial charge in [-0.15, -0.1) is 0 Å². The molecule has 0 atom stereocenters. The van der Waals surface area contributed by atoms with Crippen molar-refractivity contribution in [1.29, 1.82) is 0 Å². The lowest BCUT2D eigenvalue weighted by molar-refractivity contribution is -0.122. The Balaban J connectivity index is 1.54. The Bertz CT molecular complexity index is 961. The normalized spacial score (nSPS) is 15.1. The zero-order valence-electron chi connectivity index (χ0n) is 15.7. The van der Waals surface area contributed by atoms with Crippen LogP contribution < -0.4 is 10.1 Å².